The van der Waals surface area contributed by atoms with Crippen LogP contribution in [0.5, 0.6) is 5.75 Å². The lowest BCUT2D eigenvalue weighted by molar-refractivity contribution is -0.143. The van der Waals surface area contributed by atoms with Crippen LogP contribution in [0.2, 0.25) is 5.02 Å². The van der Waals surface area contributed by atoms with E-state index in [1.165, 1.54) is 0 Å². The molecule has 0 saturated heterocycles. The van der Waals surface area contributed by atoms with E-state index in [2.05, 4.69) is 21.2 Å². The number of carbonyl (C=O) groups excluding carboxylic acids is 2. The summed E-state index contributed by atoms with van der Waals surface area (Å²) >= 11 is 9.46. The fourth-order valence-electron chi connectivity index (χ4n) is 3.82. The Kier molecular flexibility index (Phi) is 10.4. The maximum atomic E-state index is 13.7. The van der Waals surface area contributed by atoms with Gasteiger partial charge in [0.05, 0.1) is 4.47 Å². The third kappa shape index (κ3) is 8.10. The zero-order chi connectivity index (χ0) is 26.1. The van der Waals surface area contributed by atoms with Gasteiger partial charge in [-0.2, -0.15) is 0 Å². The zero-order valence-corrected chi connectivity index (χ0v) is 23.2. The first-order valence-corrected chi connectivity index (χ1v) is 13.2. The van der Waals surface area contributed by atoms with Crippen LogP contribution in [0, 0.1) is 6.92 Å². The molecular formula is C29H32BrClN2O3. The largest absolute Gasteiger partial charge is 0.483 e. The lowest BCUT2D eigenvalue weighted by Gasteiger charge is -2.32. The second kappa shape index (κ2) is 13.5. The number of benzene rings is 3. The minimum absolute atomic E-state index is 0.00651. The van der Waals surface area contributed by atoms with Crippen LogP contribution in [0.15, 0.2) is 77.3 Å². The molecule has 3 aromatic rings. The van der Waals surface area contributed by atoms with Crippen molar-refractivity contribution in [3.8, 4) is 5.75 Å². The summed E-state index contributed by atoms with van der Waals surface area (Å²) < 4.78 is 6.51. The third-order valence-electron chi connectivity index (χ3n) is 5.95. The second-order valence-corrected chi connectivity index (χ2v) is 10.2. The number of ether oxygens (including phenoxy) is 1. The molecule has 190 valence electrons. The minimum Gasteiger partial charge on any atom is -0.483 e. The van der Waals surface area contributed by atoms with Crippen molar-refractivity contribution in [1.29, 1.82) is 0 Å². The van der Waals surface area contributed by atoms with Gasteiger partial charge in [-0.3, -0.25) is 9.59 Å². The summed E-state index contributed by atoms with van der Waals surface area (Å²) in [7, 11) is 0. The molecule has 0 aliphatic carbocycles. The van der Waals surface area contributed by atoms with Crippen molar-refractivity contribution < 1.29 is 14.3 Å². The van der Waals surface area contributed by atoms with Crippen molar-refractivity contribution in [2.75, 3.05) is 6.61 Å². The van der Waals surface area contributed by atoms with Gasteiger partial charge in [0.15, 0.2) is 6.61 Å². The lowest BCUT2D eigenvalue weighted by atomic mass is 10.0. The van der Waals surface area contributed by atoms with Crippen LogP contribution >= 0.6 is 27.5 Å². The van der Waals surface area contributed by atoms with E-state index < -0.39 is 6.04 Å². The molecule has 2 amide bonds. The molecule has 36 heavy (non-hydrogen) atoms. The maximum absolute atomic E-state index is 13.7. The molecule has 0 saturated carbocycles. The van der Waals surface area contributed by atoms with E-state index in [0.29, 0.717) is 21.7 Å². The molecule has 0 fully saturated rings. The fourth-order valence-corrected chi connectivity index (χ4v) is 4.61. The SMILES string of the molecule is CC[C@@H](C)NC(=O)[C@H](Cc1ccccc1)N(Cc1cccc(C)c1)C(=O)COc1ccc(Cl)cc1Br. The van der Waals surface area contributed by atoms with E-state index in [4.69, 9.17) is 16.3 Å². The molecular weight excluding hydrogens is 540 g/mol. The van der Waals surface area contributed by atoms with E-state index >= 15 is 0 Å². The summed E-state index contributed by atoms with van der Waals surface area (Å²) in [4.78, 5) is 28.8. The summed E-state index contributed by atoms with van der Waals surface area (Å²) in [5.74, 6) is 0.0485. The average Bonchev–Trinajstić information content (AvgIpc) is 2.86. The third-order valence-corrected chi connectivity index (χ3v) is 6.81. The highest BCUT2D eigenvalue weighted by atomic mass is 79.9. The molecule has 0 radical (unpaired) electrons. The monoisotopic (exact) mass is 570 g/mol. The molecule has 0 heterocycles. The van der Waals surface area contributed by atoms with Gasteiger partial charge >= 0.3 is 0 Å². The Labute approximate surface area is 226 Å². The van der Waals surface area contributed by atoms with Gasteiger partial charge < -0.3 is 15.0 Å². The zero-order valence-electron chi connectivity index (χ0n) is 20.8. The normalized spacial score (nSPS) is 12.5. The smallest absolute Gasteiger partial charge is 0.261 e. The van der Waals surface area contributed by atoms with Gasteiger partial charge in [-0.25, -0.2) is 0 Å². The topological polar surface area (TPSA) is 58.6 Å². The minimum atomic E-state index is -0.702. The molecule has 0 spiro atoms. The summed E-state index contributed by atoms with van der Waals surface area (Å²) in [5.41, 5.74) is 3.01. The van der Waals surface area contributed by atoms with Gasteiger partial charge in [-0.1, -0.05) is 78.7 Å². The first kappa shape index (κ1) is 27.8. The molecule has 0 aliphatic heterocycles. The van der Waals surface area contributed by atoms with Gasteiger partial charge in [-0.15, -0.1) is 0 Å². The molecule has 7 heteroatoms. The number of halogens is 2. The summed E-state index contributed by atoms with van der Waals surface area (Å²) in [6.07, 6.45) is 1.19. The molecule has 3 aromatic carbocycles. The maximum Gasteiger partial charge on any atom is 0.261 e. The van der Waals surface area contributed by atoms with E-state index in [0.717, 1.165) is 23.1 Å². The standard InChI is InChI=1S/C29H32BrClN2O3/c1-4-21(3)32-29(35)26(16-22-10-6-5-7-11-22)33(18-23-12-8-9-20(2)15-23)28(34)19-36-27-14-13-24(31)17-25(27)30/h5-15,17,21,26H,4,16,18-19H2,1-3H3,(H,32,35)/t21-,26+/m1/s1. The molecule has 0 unspecified atom stereocenters. The Morgan fingerprint density at radius 2 is 1.75 bits per heavy atom. The Balaban J connectivity index is 1.92. The Hall–Kier alpha value is -2.83. The van der Waals surface area contributed by atoms with Crippen molar-refractivity contribution in [1.82, 2.24) is 10.2 Å². The Morgan fingerprint density at radius 3 is 2.42 bits per heavy atom. The van der Waals surface area contributed by atoms with Crippen molar-refractivity contribution in [3.63, 3.8) is 0 Å². The van der Waals surface area contributed by atoms with Crippen LogP contribution in [-0.2, 0) is 22.6 Å². The van der Waals surface area contributed by atoms with Crippen LogP contribution in [0.25, 0.3) is 0 Å². The number of rotatable bonds is 11. The number of hydrogen-bond acceptors (Lipinski definition) is 3. The van der Waals surface area contributed by atoms with Crippen LogP contribution in [0.1, 0.15) is 37.0 Å². The number of nitrogens with one attached hydrogen (secondary N) is 1. The first-order valence-electron chi connectivity index (χ1n) is 12.0. The number of aryl methyl sites for hydroxylation is 1. The summed E-state index contributed by atoms with van der Waals surface area (Å²) in [6, 6.07) is 22.1. The predicted octanol–water partition coefficient (Wildman–Crippen LogP) is 6.34. The average molecular weight is 572 g/mol. The molecule has 0 bridgehead atoms. The lowest BCUT2D eigenvalue weighted by Crippen LogP contribution is -2.53. The molecule has 5 nitrogen and oxygen atoms in total. The van der Waals surface area contributed by atoms with Crippen LogP contribution in [0.3, 0.4) is 0 Å². The Bertz CT molecular complexity index is 1170. The van der Waals surface area contributed by atoms with Crippen molar-refractivity contribution >= 4 is 39.3 Å². The number of amides is 2. The Morgan fingerprint density at radius 1 is 1.03 bits per heavy atom. The summed E-state index contributed by atoms with van der Waals surface area (Å²) in [6.45, 7) is 6.06. The first-order chi connectivity index (χ1) is 17.3. The van der Waals surface area contributed by atoms with Gasteiger partial charge in [0, 0.05) is 24.0 Å². The number of carbonyl (C=O) groups is 2. The van der Waals surface area contributed by atoms with Crippen molar-refractivity contribution in [2.24, 2.45) is 0 Å². The predicted molar refractivity (Wildman–Crippen MR) is 148 cm³/mol. The van der Waals surface area contributed by atoms with E-state index in [1.807, 2.05) is 75.4 Å². The van der Waals surface area contributed by atoms with E-state index in [1.54, 1.807) is 23.1 Å². The van der Waals surface area contributed by atoms with E-state index in [-0.39, 0.29) is 31.0 Å². The molecule has 3 rings (SSSR count). The van der Waals surface area contributed by atoms with E-state index in [9.17, 15) is 9.59 Å². The summed E-state index contributed by atoms with van der Waals surface area (Å²) in [5, 5.41) is 3.64. The highest BCUT2D eigenvalue weighted by Crippen LogP contribution is 2.28. The number of nitrogens with zero attached hydrogens (tertiary/aromatic N) is 1. The van der Waals surface area contributed by atoms with Gasteiger partial charge in [0.2, 0.25) is 5.91 Å². The molecule has 2 atom stereocenters. The van der Waals surface area contributed by atoms with Gasteiger partial charge in [0.1, 0.15) is 11.8 Å². The second-order valence-electron chi connectivity index (χ2n) is 8.90. The number of hydrogen-bond donors (Lipinski definition) is 1. The quantitative estimate of drug-likeness (QED) is 0.292. The van der Waals surface area contributed by atoms with Crippen LogP contribution in [-0.4, -0.2) is 35.4 Å². The van der Waals surface area contributed by atoms with Gasteiger partial charge in [-0.05, 0) is 65.5 Å². The van der Waals surface area contributed by atoms with Crippen LogP contribution < -0.4 is 10.1 Å². The van der Waals surface area contributed by atoms with Gasteiger partial charge in [0.25, 0.3) is 5.91 Å². The molecule has 1 N–H and O–H groups in total. The fraction of sp³-hybridized carbons (Fsp3) is 0.310. The van der Waals surface area contributed by atoms with Crippen molar-refractivity contribution in [2.45, 2.75) is 52.2 Å². The van der Waals surface area contributed by atoms with Crippen LogP contribution in [0.4, 0.5) is 0 Å². The molecule has 0 aromatic heterocycles. The highest BCUT2D eigenvalue weighted by molar-refractivity contribution is 9.10. The highest BCUT2D eigenvalue weighted by Gasteiger charge is 2.31. The van der Waals surface area contributed by atoms with Crippen molar-refractivity contribution in [3.05, 3.63) is 99.0 Å². The molecule has 0 aliphatic rings.